The molecule has 1 fully saturated rings. The first-order valence-corrected chi connectivity index (χ1v) is 10.5. The fourth-order valence-corrected chi connectivity index (χ4v) is 3.82. The van der Waals surface area contributed by atoms with E-state index in [9.17, 15) is 9.18 Å². The Balaban J connectivity index is 1.29. The van der Waals surface area contributed by atoms with E-state index in [1.54, 1.807) is 27.6 Å². The van der Waals surface area contributed by atoms with E-state index in [1.165, 1.54) is 6.07 Å². The number of aromatic nitrogens is 5. The van der Waals surface area contributed by atoms with E-state index in [0.717, 1.165) is 11.2 Å². The van der Waals surface area contributed by atoms with Crippen LogP contribution in [0.15, 0.2) is 48.7 Å². The molecule has 1 amide bonds. The molecule has 4 aromatic rings. The molecule has 0 atom stereocenters. The molecule has 9 nitrogen and oxygen atoms in total. The number of rotatable bonds is 5. The van der Waals surface area contributed by atoms with Crippen LogP contribution in [0, 0.1) is 12.7 Å². The molecule has 1 saturated heterocycles. The van der Waals surface area contributed by atoms with Crippen LogP contribution in [0.1, 0.15) is 11.3 Å². The van der Waals surface area contributed by atoms with E-state index in [4.69, 9.17) is 4.98 Å². The Bertz CT molecular complexity index is 1260. The maximum atomic E-state index is 13.9. The number of H-pyrrole nitrogens is 1. The first-order valence-electron chi connectivity index (χ1n) is 10.5. The summed E-state index contributed by atoms with van der Waals surface area (Å²) in [6.07, 6.45) is 1.94. The SMILES string of the molecule is Cc1cc(Nc2nc(N3CCN(C(=O)Cc4ccccc4F)CC3)nn3cccc23)n[nH]1. The van der Waals surface area contributed by atoms with Gasteiger partial charge < -0.3 is 15.1 Å². The molecule has 0 unspecified atom stereocenters. The number of aryl methyl sites for hydroxylation is 1. The fraction of sp³-hybridized carbons (Fsp3) is 0.273. The highest BCUT2D eigenvalue weighted by atomic mass is 19.1. The minimum Gasteiger partial charge on any atom is -0.339 e. The lowest BCUT2D eigenvalue weighted by Crippen LogP contribution is -2.49. The number of hydrogen-bond donors (Lipinski definition) is 2. The van der Waals surface area contributed by atoms with E-state index < -0.39 is 0 Å². The molecule has 0 saturated carbocycles. The molecule has 2 N–H and O–H groups in total. The maximum absolute atomic E-state index is 13.9. The van der Waals surface area contributed by atoms with Gasteiger partial charge in [0.1, 0.15) is 11.3 Å². The summed E-state index contributed by atoms with van der Waals surface area (Å²) in [5.41, 5.74) is 2.21. The molecular formula is C22H23FN8O. The molecule has 1 aromatic carbocycles. The van der Waals surface area contributed by atoms with Crippen molar-refractivity contribution in [2.24, 2.45) is 0 Å². The maximum Gasteiger partial charge on any atom is 0.245 e. The van der Waals surface area contributed by atoms with Crippen molar-refractivity contribution in [3.63, 3.8) is 0 Å². The summed E-state index contributed by atoms with van der Waals surface area (Å²) in [7, 11) is 0. The first kappa shape index (κ1) is 20.0. The van der Waals surface area contributed by atoms with Crippen LogP contribution in [-0.4, -0.2) is 61.8 Å². The van der Waals surface area contributed by atoms with Crippen molar-refractivity contribution in [1.82, 2.24) is 29.7 Å². The van der Waals surface area contributed by atoms with E-state index in [1.807, 2.05) is 36.2 Å². The fourth-order valence-electron chi connectivity index (χ4n) is 3.82. The lowest BCUT2D eigenvalue weighted by molar-refractivity contribution is -0.130. The third-order valence-electron chi connectivity index (χ3n) is 5.55. The Morgan fingerprint density at radius 1 is 1.16 bits per heavy atom. The Labute approximate surface area is 183 Å². The third kappa shape index (κ3) is 3.98. The minimum atomic E-state index is -0.347. The molecule has 1 aliphatic rings. The molecule has 0 radical (unpaired) electrons. The minimum absolute atomic E-state index is 0.0651. The van der Waals surface area contributed by atoms with Crippen LogP contribution in [0.4, 0.5) is 22.0 Å². The van der Waals surface area contributed by atoms with Crippen molar-refractivity contribution in [2.75, 3.05) is 36.4 Å². The normalized spacial score (nSPS) is 14.2. The van der Waals surface area contributed by atoms with Crippen LogP contribution in [0.2, 0.25) is 0 Å². The number of aromatic amines is 1. The summed E-state index contributed by atoms with van der Waals surface area (Å²) in [4.78, 5) is 21.2. The average Bonchev–Trinajstić information content (AvgIpc) is 3.44. The zero-order chi connectivity index (χ0) is 22.1. The highest BCUT2D eigenvalue weighted by Gasteiger charge is 2.24. The largest absolute Gasteiger partial charge is 0.339 e. The number of carbonyl (C=O) groups excluding carboxylic acids is 1. The lowest BCUT2D eigenvalue weighted by atomic mass is 10.1. The van der Waals surface area contributed by atoms with Gasteiger partial charge in [-0.3, -0.25) is 9.89 Å². The van der Waals surface area contributed by atoms with E-state index in [2.05, 4.69) is 20.6 Å². The Morgan fingerprint density at radius 2 is 1.97 bits per heavy atom. The van der Waals surface area contributed by atoms with Gasteiger partial charge in [-0.1, -0.05) is 18.2 Å². The molecule has 0 bridgehead atoms. The summed E-state index contributed by atoms with van der Waals surface area (Å²) >= 11 is 0. The molecule has 3 aromatic heterocycles. The molecule has 10 heteroatoms. The van der Waals surface area contributed by atoms with Crippen molar-refractivity contribution < 1.29 is 9.18 Å². The second-order valence-electron chi connectivity index (χ2n) is 7.80. The zero-order valence-corrected chi connectivity index (χ0v) is 17.6. The van der Waals surface area contributed by atoms with Gasteiger partial charge in [-0.05, 0) is 30.7 Å². The average molecular weight is 434 g/mol. The van der Waals surface area contributed by atoms with Crippen LogP contribution >= 0.6 is 0 Å². The van der Waals surface area contributed by atoms with Gasteiger partial charge in [0.25, 0.3) is 0 Å². The summed E-state index contributed by atoms with van der Waals surface area (Å²) < 4.78 is 15.7. The monoisotopic (exact) mass is 434 g/mol. The van der Waals surface area contributed by atoms with Gasteiger partial charge in [-0.25, -0.2) is 8.91 Å². The molecule has 0 aliphatic carbocycles. The number of piperazine rings is 1. The van der Waals surface area contributed by atoms with E-state index in [0.29, 0.717) is 49.3 Å². The number of anilines is 3. The topological polar surface area (TPSA) is 94.5 Å². The van der Waals surface area contributed by atoms with E-state index >= 15 is 0 Å². The summed E-state index contributed by atoms with van der Waals surface area (Å²) in [5.74, 6) is 1.49. The summed E-state index contributed by atoms with van der Waals surface area (Å²) in [6.45, 7) is 4.18. The molecular weight excluding hydrogens is 411 g/mol. The van der Waals surface area contributed by atoms with Gasteiger partial charge in [0.15, 0.2) is 11.6 Å². The molecule has 1 aliphatic heterocycles. The number of amides is 1. The zero-order valence-electron chi connectivity index (χ0n) is 17.6. The Hall–Kier alpha value is -3.95. The quantitative estimate of drug-likeness (QED) is 0.501. The third-order valence-corrected chi connectivity index (χ3v) is 5.55. The Kier molecular flexibility index (Phi) is 5.18. The van der Waals surface area contributed by atoms with Crippen LogP contribution in [0.3, 0.4) is 0 Å². The Morgan fingerprint density at radius 3 is 2.72 bits per heavy atom. The van der Waals surface area contributed by atoms with Gasteiger partial charge in [-0.2, -0.15) is 10.1 Å². The van der Waals surface area contributed by atoms with Crippen molar-refractivity contribution in [2.45, 2.75) is 13.3 Å². The highest BCUT2D eigenvalue weighted by Crippen LogP contribution is 2.22. The van der Waals surface area contributed by atoms with Crippen molar-refractivity contribution in [1.29, 1.82) is 0 Å². The number of carbonyl (C=O) groups is 1. The molecule has 5 rings (SSSR count). The number of hydrogen-bond acceptors (Lipinski definition) is 6. The van der Waals surface area contributed by atoms with Gasteiger partial charge in [0.2, 0.25) is 11.9 Å². The predicted octanol–water partition coefficient (Wildman–Crippen LogP) is 2.53. The van der Waals surface area contributed by atoms with Gasteiger partial charge in [0, 0.05) is 44.1 Å². The van der Waals surface area contributed by atoms with Gasteiger partial charge in [-0.15, -0.1) is 5.10 Å². The number of nitrogens with one attached hydrogen (secondary N) is 2. The van der Waals surface area contributed by atoms with Gasteiger partial charge >= 0.3 is 0 Å². The number of halogens is 1. The second-order valence-corrected chi connectivity index (χ2v) is 7.80. The van der Waals surface area contributed by atoms with Crippen LogP contribution in [0.5, 0.6) is 0 Å². The molecule has 4 heterocycles. The molecule has 164 valence electrons. The number of fused-ring (bicyclic) bond motifs is 1. The predicted molar refractivity (Wildman–Crippen MR) is 118 cm³/mol. The molecule has 32 heavy (non-hydrogen) atoms. The van der Waals surface area contributed by atoms with Crippen LogP contribution in [-0.2, 0) is 11.2 Å². The number of nitrogens with zero attached hydrogens (tertiary/aromatic N) is 6. The molecule has 0 spiro atoms. The standard InChI is InChI=1S/C22H23FN8O/c1-15-13-19(27-26-15)24-21-18-7-4-8-31(18)28-22(25-21)30-11-9-29(10-12-30)20(32)14-16-5-2-3-6-17(16)23/h2-8,13H,9-12,14H2,1H3,(H2,24,25,26,27,28). The second kappa shape index (κ2) is 8.29. The highest BCUT2D eigenvalue weighted by molar-refractivity contribution is 5.79. The van der Waals surface area contributed by atoms with Gasteiger partial charge in [0.05, 0.1) is 6.42 Å². The van der Waals surface area contributed by atoms with Crippen molar-refractivity contribution in [3.05, 3.63) is 65.7 Å². The first-order chi connectivity index (χ1) is 15.6. The summed E-state index contributed by atoms with van der Waals surface area (Å²) in [5, 5.41) is 15.0. The van der Waals surface area contributed by atoms with Crippen LogP contribution in [0.25, 0.3) is 5.52 Å². The van der Waals surface area contributed by atoms with Crippen molar-refractivity contribution >= 4 is 29.0 Å². The lowest BCUT2D eigenvalue weighted by Gasteiger charge is -2.34. The van der Waals surface area contributed by atoms with Crippen molar-refractivity contribution in [3.8, 4) is 0 Å². The summed E-state index contributed by atoms with van der Waals surface area (Å²) in [6, 6.07) is 12.2. The smallest absolute Gasteiger partial charge is 0.245 e. The van der Waals surface area contributed by atoms with E-state index in [-0.39, 0.29) is 18.1 Å². The number of benzene rings is 1. The van der Waals surface area contributed by atoms with Crippen LogP contribution < -0.4 is 10.2 Å².